The Morgan fingerprint density at radius 3 is 2.18 bits per heavy atom. The Morgan fingerprint density at radius 2 is 1.48 bits per heavy atom. The van der Waals surface area contributed by atoms with Gasteiger partial charge in [-0.05, 0) is 114 Å². The lowest BCUT2D eigenvalue weighted by Gasteiger charge is -2.35. The van der Waals surface area contributed by atoms with Crippen molar-refractivity contribution in [3.63, 3.8) is 0 Å². The number of aromatic nitrogens is 7. The maximum atomic E-state index is 13.8. The number of H-pyrrole nitrogens is 1. The maximum absolute atomic E-state index is 13.8. The quantitative estimate of drug-likeness (QED) is 0.0311. The molecule has 2 fully saturated rings. The fraction of sp³-hybridized carbons (Fsp3) is 0.508. The second-order valence-electron chi connectivity index (χ2n) is 21.8. The molecule has 3 aliphatic rings. The van der Waals surface area contributed by atoms with Gasteiger partial charge in [-0.15, -0.1) is 5.10 Å². The van der Waals surface area contributed by atoms with Crippen LogP contribution in [0.5, 0.6) is 0 Å². The van der Waals surface area contributed by atoms with Crippen LogP contribution in [0.3, 0.4) is 0 Å². The van der Waals surface area contributed by atoms with Gasteiger partial charge in [0.1, 0.15) is 11.9 Å². The Balaban J connectivity index is 0.559. The standard InChI is InChI=1S/C61H79N13O11/c1-41(2)74-53-36-45(35-48(50(53)39-65-74)57(76)64-38-49-42(3)34-43(4)66-58(49)77)44-13-15-54(63-37-44)71-21-19-70(20-22-71)18-8-6-5-7-10-46-40-72(69-68-46)23-25-82-27-29-84-31-33-85-32-30-83-28-26-81-24-17-62-51-12-9-11-47-56(51)61(80)73(60(47)79)52-14-16-55(75)67-59(52)78/h9,11-13,15,34-37,39-41,52,62H,5-8,10,14,16-33,38H2,1-4H3,(H,64,76)(H,66,77)(H,67,75,78). The summed E-state index contributed by atoms with van der Waals surface area (Å²) in [6.07, 6.45) is 11.2. The smallest absolute Gasteiger partial charge is 0.264 e. The first kappa shape index (κ1) is 61.8. The van der Waals surface area contributed by atoms with Crippen molar-refractivity contribution in [3.05, 3.63) is 117 Å². The number of piperidine rings is 1. The second-order valence-corrected chi connectivity index (χ2v) is 21.8. The van der Waals surface area contributed by atoms with Crippen LogP contribution in [0.1, 0.15) is 112 Å². The molecule has 1 atom stereocenters. The van der Waals surface area contributed by atoms with E-state index >= 15 is 0 Å². The molecule has 2 aromatic carbocycles. The van der Waals surface area contributed by atoms with Crippen LogP contribution in [0.25, 0.3) is 22.0 Å². The van der Waals surface area contributed by atoms with Crippen molar-refractivity contribution in [3.8, 4) is 11.1 Å². The summed E-state index contributed by atoms with van der Waals surface area (Å²) < 4.78 is 31.9. The molecule has 24 nitrogen and oxygen atoms in total. The average Bonchev–Trinajstić information content (AvgIpc) is 3.22. The van der Waals surface area contributed by atoms with Crippen molar-refractivity contribution in [2.24, 2.45) is 0 Å². The summed E-state index contributed by atoms with van der Waals surface area (Å²) in [7, 11) is 0. The molecule has 454 valence electrons. The van der Waals surface area contributed by atoms with Gasteiger partial charge >= 0.3 is 0 Å². The lowest BCUT2D eigenvalue weighted by molar-refractivity contribution is -0.136. The first-order valence-electron chi connectivity index (χ1n) is 29.6. The van der Waals surface area contributed by atoms with Gasteiger partial charge in [0, 0.05) is 92.0 Å². The number of hydrogen-bond donors (Lipinski definition) is 4. The largest absolute Gasteiger partial charge is 0.382 e. The van der Waals surface area contributed by atoms with Gasteiger partial charge in [0.15, 0.2) is 0 Å². The number of aryl methyl sites for hydroxylation is 3. The minimum Gasteiger partial charge on any atom is -0.382 e. The summed E-state index contributed by atoms with van der Waals surface area (Å²) in [6, 6.07) is 14.0. The molecule has 1 unspecified atom stereocenters. The highest BCUT2D eigenvalue weighted by atomic mass is 16.6. The molecule has 9 rings (SSSR count). The van der Waals surface area contributed by atoms with Crippen molar-refractivity contribution in [2.75, 3.05) is 116 Å². The minimum atomic E-state index is -1.02. The Kier molecular flexibility index (Phi) is 22.1. The molecule has 24 heteroatoms. The number of carbonyl (C=O) groups excluding carboxylic acids is 5. The number of piperazine rings is 1. The van der Waals surface area contributed by atoms with E-state index in [4.69, 9.17) is 28.7 Å². The molecule has 2 saturated heterocycles. The number of amides is 5. The number of imide groups is 2. The summed E-state index contributed by atoms with van der Waals surface area (Å²) >= 11 is 0. The minimum absolute atomic E-state index is 0.0604. The molecule has 0 spiro atoms. The van der Waals surface area contributed by atoms with E-state index in [9.17, 15) is 28.8 Å². The van der Waals surface area contributed by atoms with E-state index in [1.165, 1.54) is 6.42 Å². The van der Waals surface area contributed by atoms with E-state index in [0.29, 0.717) is 96.0 Å². The van der Waals surface area contributed by atoms with Crippen LogP contribution in [0, 0.1) is 13.8 Å². The molecule has 5 amide bonds. The van der Waals surface area contributed by atoms with Crippen LogP contribution >= 0.6 is 0 Å². The lowest BCUT2D eigenvalue weighted by atomic mass is 10.0. The molecule has 7 heterocycles. The number of aromatic amines is 1. The Bertz CT molecular complexity index is 3320. The van der Waals surface area contributed by atoms with Gasteiger partial charge in [0.25, 0.3) is 23.3 Å². The van der Waals surface area contributed by atoms with E-state index in [0.717, 1.165) is 108 Å². The second kappa shape index (κ2) is 30.4. The summed E-state index contributed by atoms with van der Waals surface area (Å²) in [6.45, 7) is 18.1. The summed E-state index contributed by atoms with van der Waals surface area (Å²) in [5.41, 5.74) is 6.98. The van der Waals surface area contributed by atoms with Gasteiger partial charge in [0.05, 0.1) is 107 Å². The highest BCUT2D eigenvalue weighted by Gasteiger charge is 2.45. The van der Waals surface area contributed by atoms with Gasteiger partial charge in [-0.3, -0.25) is 48.6 Å². The monoisotopic (exact) mass is 1170 g/mol. The molecule has 4 N–H and O–H groups in total. The Morgan fingerprint density at radius 1 is 0.765 bits per heavy atom. The highest BCUT2D eigenvalue weighted by molar-refractivity contribution is 6.25. The zero-order valence-corrected chi connectivity index (χ0v) is 49.2. The topological polar surface area (TPSA) is 272 Å². The number of pyridine rings is 2. The van der Waals surface area contributed by atoms with Crippen LogP contribution < -0.4 is 26.4 Å². The van der Waals surface area contributed by atoms with E-state index in [1.54, 1.807) is 24.4 Å². The molecule has 4 aromatic heterocycles. The Hall–Kier alpha value is -7.74. The van der Waals surface area contributed by atoms with E-state index in [1.807, 2.05) is 47.7 Å². The number of nitrogens with zero attached hydrogens (tertiary/aromatic N) is 9. The van der Waals surface area contributed by atoms with Gasteiger partial charge in [-0.1, -0.05) is 24.1 Å². The van der Waals surface area contributed by atoms with Crippen molar-refractivity contribution >= 4 is 51.9 Å². The van der Waals surface area contributed by atoms with E-state index in [2.05, 4.69) is 78.2 Å². The zero-order valence-electron chi connectivity index (χ0n) is 49.2. The van der Waals surface area contributed by atoms with Gasteiger partial charge in [0.2, 0.25) is 11.8 Å². The normalized spacial score (nSPS) is 15.6. The first-order valence-corrected chi connectivity index (χ1v) is 29.6. The lowest BCUT2D eigenvalue weighted by Crippen LogP contribution is -2.54. The van der Waals surface area contributed by atoms with Gasteiger partial charge in [-0.25, -0.2) is 9.67 Å². The molecule has 85 heavy (non-hydrogen) atoms. The summed E-state index contributed by atoms with van der Waals surface area (Å²) in [5, 5.41) is 22.4. The number of nitrogens with one attached hydrogen (secondary N) is 4. The number of ether oxygens (including phenoxy) is 5. The first-order chi connectivity index (χ1) is 41.3. The predicted octanol–water partition coefficient (Wildman–Crippen LogP) is 5.03. The summed E-state index contributed by atoms with van der Waals surface area (Å²) in [5.74, 6) is -1.51. The highest BCUT2D eigenvalue weighted by Crippen LogP contribution is 2.33. The maximum Gasteiger partial charge on any atom is 0.264 e. The third-order valence-corrected chi connectivity index (χ3v) is 15.4. The third-order valence-electron chi connectivity index (χ3n) is 15.4. The summed E-state index contributed by atoms with van der Waals surface area (Å²) in [4.78, 5) is 90.3. The molecule has 3 aliphatic heterocycles. The van der Waals surface area contributed by atoms with Crippen LogP contribution in [0.2, 0.25) is 0 Å². The number of unbranched alkanes of at least 4 members (excludes halogenated alkanes) is 3. The molecule has 0 saturated carbocycles. The molecular formula is C61H79N13O11. The van der Waals surface area contributed by atoms with Gasteiger partial charge in [-0.2, -0.15) is 5.10 Å². The van der Waals surface area contributed by atoms with E-state index in [-0.39, 0.29) is 48.0 Å². The zero-order chi connectivity index (χ0) is 59.7. The molecule has 6 aromatic rings. The van der Waals surface area contributed by atoms with Crippen molar-refractivity contribution in [1.29, 1.82) is 0 Å². The Labute approximate surface area is 494 Å². The predicted molar refractivity (Wildman–Crippen MR) is 318 cm³/mol. The molecule has 0 aliphatic carbocycles. The number of fused-ring (bicyclic) bond motifs is 2. The number of anilines is 2. The number of hydrogen-bond acceptors (Lipinski definition) is 18. The number of benzene rings is 2. The van der Waals surface area contributed by atoms with Crippen molar-refractivity contribution in [2.45, 2.75) is 97.8 Å². The number of rotatable bonds is 33. The SMILES string of the molecule is Cc1cc(C)c(CNC(=O)c2cc(-c3ccc(N4CCN(CCCCCCc5cn(CCOCCOCCOCCOCCOCCNc6cccc7c6C(=O)N(C6CCC(=O)NC6=O)C7=O)nn5)CC4)nc3)cc3c2cnn3C(C)C)c(=O)[nH]1. The molecule has 0 bridgehead atoms. The molecule has 0 radical (unpaired) electrons. The number of carbonyl (C=O) groups is 5. The molecular weight excluding hydrogens is 1090 g/mol. The van der Waals surface area contributed by atoms with Crippen molar-refractivity contribution < 1.29 is 47.7 Å². The van der Waals surface area contributed by atoms with Crippen LogP contribution in [-0.2, 0) is 52.8 Å². The fourth-order valence-corrected chi connectivity index (χ4v) is 10.8. The average molecular weight is 1170 g/mol. The van der Waals surface area contributed by atoms with Crippen LogP contribution in [0.4, 0.5) is 11.5 Å². The van der Waals surface area contributed by atoms with Crippen LogP contribution in [-0.4, -0.2) is 185 Å². The third kappa shape index (κ3) is 16.4. The van der Waals surface area contributed by atoms with Gasteiger partial charge < -0.3 is 44.2 Å². The van der Waals surface area contributed by atoms with Crippen LogP contribution in [0.15, 0.2) is 71.9 Å². The fourth-order valence-electron chi connectivity index (χ4n) is 10.8. The van der Waals surface area contributed by atoms with E-state index < -0.39 is 29.7 Å². The van der Waals surface area contributed by atoms with Crippen molar-refractivity contribution in [1.82, 2.24) is 55.2 Å².